The number of nitrogens with zero attached hydrogens (tertiary/aromatic N) is 1. The number of thiazole rings is 1. The lowest BCUT2D eigenvalue weighted by Crippen LogP contribution is -2.19. The van der Waals surface area contributed by atoms with Crippen molar-refractivity contribution in [1.29, 1.82) is 0 Å². The number of thiocarbonyl (C=S) groups is 1. The quantitative estimate of drug-likeness (QED) is 0.783. The van der Waals surface area contributed by atoms with Crippen LogP contribution in [0.3, 0.4) is 0 Å². The molecule has 22 heavy (non-hydrogen) atoms. The summed E-state index contributed by atoms with van der Waals surface area (Å²) in [6.07, 6.45) is 3.47. The molecule has 0 saturated heterocycles. The van der Waals surface area contributed by atoms with E-state index in [4.69, 9.17) is 12.2 Å². The van der Waals surface area contributed by atoms with E-state index in [0.717, 1.165) is 29.6 Å². The van der Waals surface area contributed by atoms with Crippen LogP contribution >= 0.6 is 23.6 Å². The Hall–Kier alpha value is -1.46. The maximum Gasteiger partial charge on any atom is 0.189 e. The Kier molecular flexibility index (Phi) is 4.45. The largest absolute Gasteiger partial charge is 0.332 e. The second kappa shape index (κ2) is 6.34. The lowest BCUT2D eigenvalue weighted by molar-refractivity contribution is 0.502. The molecule has 116 valence electrons. The number of aromatic nitrogens is 1. The van der Waals surface area contributed by atoms with Crippen LogP contribution < -0.4 is 10.6 Å². The van der Waals surface area contributed by atoms with Crippen LogP contribution in [0, 0.1) is 19.8 Å². The van der Waals surface area contributed by atoms with Crippen LogP contribution in [0.1, 0.15) is 35.0 Å². The van der Waals surface area contributed by atoms with E-state index in [9.17, 15) is 0 Å². The van der Waals surface area contributed by atoms with Gasteiger partial charge < -0.3 is 10.6 Å². The Morgan fingerprint density at radius 2 is 1.95 bits per heavy atom. The molecule has 1 heterocycles. The van der Waals surface area contributed by atoms with Crippen molar-refractivity contribution in [2.24, 2.45) is 5.92 Å². The molecule has 0 bridgehead atoms. The highest BCUT2D eigenvalue weighted by molar-refractivity contribution is 7.80. The topological polar surface area (TPSA) is 37.0 Å². The van der Waals surface area contributed by atoms with E-state index in [-0.39, 0.29) is 0 Å². The van der Waals surface area contributed by atoms with Crippen molar-refractivity contribution in [3.63, 3.8) is 0 Å². The van der Waals surface area contributed by atoms with Gasteiger partial charge in [0.25, 0.3) is 0 Å². The molecular formula is C17H21N3S2. The van der Waals surface area contributed by atoms with E-state index in [2.05, 4.69) is 54.6 Å². The summed E-state index contributed by atoms with van der Waals surface area (Å²) in [4.78, 5) is 6.09. The summed E-state index contributed by atoms with van der Waals surface area (Å²) in [7, 11) is 0. The predicted octanol–water partition coefficient (Wildman–Crippen LogP) is 4.69. The zero-order valence-corrected chi connectivity index (χ0v) is 14.8. The zero-order chi connectivity index (χ0) is 15.7. The second-order valence-corrected chi connectivity index (χ2v) is 7.68. The number of hydrogen-bond donors (Lipinski definition) is 2. The van der Waals surface area contributed by atoms with E-state index in [1.165, 1.54) is 28.1 Å². The molecule has 2 aromatic rings. The van der Waals surface area contributed by atoms with Crippen LogP contribution in [0.25, 0.3) is 0 Å². The molecule has 0 fully saturated rings. The average molecular weight is 332 g/mol. The maximum absolute atomic E-state index is 5.41. The predicted molar refractivity (Wildman–Crippen MR) is 99.1 cm³/mol. The molecule has 1 aromatic carbocycles. The molecule has 1 unspecified atom stereocenters. The van der Waals surface area contributed by atoms with Gasteiger partial charge in [0.1, 0.15) is 0 Å². The highest BCUT2D eigenvalue weighted by Gasteiger charge is 2.20. The first-order valence-corrected chi connectivity index (χ1v) is 8.87. The van der Waals surface area contributed by atoms with Gasteiger partial charge in [-0.15, -0.1) is 11.3 Å². The van der Waals surface area contributed by atoms with E-state index in [1.807, 2.05) is 0 Å². The fourth-order valence-electron chi connectivity index (χ4n) is 2.90. The fourth-order valence-corrected chi connectivity index (χ4v) is 4.35. The molecule has 5 heteroatoms. The Morgan fingerprint density at radius 3 is 2.68 bits per heavy atom. The molecular weight excluding hydrogens is 310 g/mol. The van der Waals surface area contributed by atoms with Crippen LogP contribution in [0.5, 0.6) is 0 Å². The first-order valence-electron chi connectivity index (χ1n) is 7.64. The van der Waals surface area contributed by atoms with Gasteiger partial charge in [0, 0.05) is 10.6 Å². The van der Waals surface area contributed by atoms with Gasteiger partial charge >= 0.3 is 0 Å². The third-order valence-electron chi connectivity index (χ3n) is 3.89. The monoisotopic (exact) mass is 331 g/mol. The van der Waals surface area contributed by atoms with Crippen LogP contribution in [0.4, 0.5) is 10.8 Å². The van der Waals surface area contributed by atoms with Gasteiger partial charge in [0.15, 0.2) is 10.2 Å². The summed E-state index contributed by atoms with van der Waals surface area (Å²) < 4.78 is 0. The van der Waals surface area contributed by atoms with Gasteiger partial charge in [0.05, 0.1) is 5.69 Å². The van der Waals surface area contributed by atoms with Gasteiger partial charge in [-0.1, -0.05) is 13.0 Å². The number of fused-ring (bicyclic) bond motifs is 1. The first kappa shape index (κ1) is 15.4. The second-order valence-electron chi connectivity index (χ2n) is 6.19. The molecule has 3 nitrogen and oxygen atoms in total. The minimum Gasteiger partial charge on any atom is -0.332 e. The molecule has 2 N–H and O–H groups in total. The smallest absolute Gasteiger partial charge is 0.189 e. The molecule has 1 atom stereocenters. The lowest BCUT2D eigenvalue weighted by atomic mass is 9.93. The molecule has 1 aliphatic rings. The van der Waals surface area contributed by atoms with Gasteiger partial charge in [-0.3, -0.25) is 0 Å². The number of hydrogen-bond acceptors (Lipinski definition) is 3. The lowest BCUT2D eigenvalue weighted by Gasteiger charge is -2.15. The summed E-state index contributed by atoms with van der Waals surface area (Å²) in [5.41, 5.74) is 4.72. The van der Waals surface area contributed by atoms with Gasteiger partial charge in [-0.25, -0.2) is 4.98 Å². The van der Waals surface area contributed by atoms with Gasteiger partial charge in [-0.05, 0) is 74.5 Å². The third kappa shape index (κ3) is 3.65. The SMILES string of the molecule is Cc1cc(C)cc(NC(=S)Nc2nc3c(s2)CC(C)CC3)c1. The molecule has 0 saturated carbocycles. The molecule has 0 radical (unpaired) electrons. The van der Waals surface area contributed by atoms with Crippen molar-refractivity contribution in [2.75, 3.05) is 10.6 Å². The van der Waals surface area contributed by atoms with Crippen molar-refractivity contribution in [1.82, 2.24) is 4.98 Å². The first-order chi connectivity index (χ1) is 10.5. The summed E-state index contributed by atoms with van der Waals surface area (Å²) in [5, 5.41) is 7.98. The maximum atomic E-state index is 5.41. The molecule has 0 aliphatic heterocycles. The number of anilines is 2. The van der Waals surface area contributed by atoms with E-state index >= 15 is 0 Å². The highest BCUT2D eigenvalue weighted by Crippen LogP contribution is 2.32. The van der Waals surface area contributed by atoms with E-state index < -0.39 is 0 Å². The van der Waals surface area contributed by atoms with E-state index in [0.29, 0.717) is 5.11 Å². The number of benzene rings is 1. The van der Waals surface area contributed by atoms with Crippen LogP contribution in [-0.4, -0.2) is 10.1 Å². The standard InChI is InChI=1S/C17H21N3S2/c1-10-4-5-14-15(9-10)22-17(19-14)20-16(21)18-13-7-11(2)6-12(3)8-13/h6-8,10H,4-5,9H2,1-3H3,(H2,18,19,20,21). The number of aryl methyl sites for hydroxylation is 3. The van der Waals surface area contributed by atoms with Crippen LogP contribution in [0.2, 0.25) is 0 Å². The summed E-state index contributed by atoms with van der Waals surface area (Å²) in [6.45, 7) is 6.48. The van der Waals surface area contributed by atoms with Crippen molar-refractivity contribution < 1.29 is 0 Å². The Balaban J connectivity index is 1.67. The summed E-state index contributed by atoms with van der Waals surface area (Å²) in [6, 6.07) is 6.34. The molecule has 1 aliphatic carbocycles. The third-order valence-corrected chi connectivity index (χ3v) is 5.13. The minimum absolute atomic E-state index is 0.601. The summed E-state index contributed by atoms with van der Waals surface area (Å²) >= 11 is 7.15. The van der Waals surface area contributed by atoms with Crippen LogP contribution in [-0.2, 0) is 12.8 Å². The minimum atomic E-state index is 0.601. The zero-order valence-electron chi connectivity index (χ0n) is 13.2. The van der Waals surface area contributed by atoms with Crippen LogP contribution in [0.15, 0.2) is 18.2 Å². The molecule has 0 amide bonds. The van der Waals surface area contributed by atoms with Crippen molar-refractivity contribution >= 4 is 39.5 Å². The number of nitrogens with one attached hydrogen (secondary N) is 2. The molecule has 1 aromatic heterocycles. The average Bonchev–Trinajstić information content (AvgIpc) is 2.78. The van der Waals surface area contributed by atoms with Crippen molar-refractivity contribution in [3.05, 3.63) is 39.9 Å². The van der Waals surface area contributed by atoms with Gasteiger partial charge in [-0.2, -0.15) is 0 Å². The van der Waals surface area contributed by atoms with Gasteiger partial charge in [0.2, 0.25) is 0 Å². The fraction of sp³-hybridized carbons (Fsp3) is 0.412. The highest BCUT2D eigenvalue weighted by atomic mass is 32.1. The Morgan fingerprint density at radius 1 is 1.23 bits per heavy atom. The molecule has 0 spiro atoms. The normalized spacial score (nSPS) is 17.0. The molecule has 3 rings (SSSR count). The van der Waals surface area contributed by atoms with Crippen molar-refractivity contribution in [2.45, 2.75) is 40.0 Å². The van der Waals surface area contributed by atoms with Crippen molar-refractivity contribution in [3.8, 4) is 0 Å². The summed E-state index contributed by atoms with van der Waals surface area (Å²) in [5.74, 6) is 0.765. The van der Waals surface area contributed by atoms with E-state index in [1.54, 1.807) is 11.3 Å². The Labute approximate surface area is 141 Å². The number of rotatable bonds is 2. The Bertz CT molecular complexity index is 686.